The van der Waals surface area contributed by atoms with Crippen molar-refractivity contribution < 1.29 is 4.79 Å². The second kappa shape index (κ2) is 6.49. The maximum absolute atomic E-state index is 12.0. The van der Waals surface area contributed by atoms with E-state index in [2.05, 4.69) is 27.6 Å². The molecule has 0 radical (unpaired) electrons. The molecule has 2 heterocycles. The van der Waals surface area contributed by atoms with E-state index < -0.39 is 0 Å². The summed E-state index contributed by atoms with van der Waals surface area (Å²) in [6.45, 7) is 5.03. The normalized spacial score (nSPS) is 19.4. The number of aromatic nitrogens is 1. The van der Waals surface area contributed by atoms with E-state index in [1.807, 2.05) is 0 Å². The molecule has 19 heavy (non-hydrogen) atoms. The van der Waals surface area contributed by atoms with Crippen molar-refractivity contribution in [1.82, 2.24) is 15.2 Å². The molecular weight excluding hydrogens is 242 g/mol. The van der Waals surface area contributed by atoms with E-state index >= 15 is 0 Å². The number of nitrogens with zero attached hydrogens (tertiary/aromatic N) is 2. The highest BCUT2D eigenvalue weighted by atomic mass is 16.1. The van der Waals surface area contributed by atoms with Gasteiger partial charge in [-0.15, -0.1) is 0 Å². The molecule has 1 unspecified atom stereocenters. The largest absolute Gasteiger partial charge is 0.350 e. The van der Waals surface area contributed by atoms with Gasteiger partial charge in [0.15, 0.2) is 0 Å². The fourth-order valence-corrected chi connectivity index (χ4v) is 2.47. The van der Waals surface area contributed by atoms with Crippen LogP contribution in [0.1, 0.15) is 30.1 Å². The molecule has 104 valence electrons. The van der Waals surface area contributed by atoms with Crippen LogP contribution in [0.2, 0.25) is 0 Å². The minimum atomic E-state index is -0.0842. The number of carbonyl (C=O) groups is 1. The van der Waals surface area contributed by atoms with Crippen LogP contribution >= 0.6 is 0 Å². The molecule has 0 aromatic carbocycles. The Morgan fingerprint density at radius 3 is 3.05 bits per heavy atom. The van der Waals surface area contributed by atoms with Crippen molar-refractivity contribution in [3.8, 4) is 0 Å². The third-order valence-electron chi connectivity index (χ3n) is 3.58. The van der Waals surface area contributed by atoms with Crippen LogP contribution in [-0.4, -0.2) is 41.5 Å². The van der Waals surface area contributed by atoms with Gasteiger partial charge in [0, 0.05) is 18.8 Å². The van der Waals surface area contributed by atoms with Gasteiger partial charge in [-0.05, 0) is 38.1 Å². The zero-order valence-electron chi connectivity index (χ0n) is 11.2. The number of rotatable bonds is 5. The summed E-state index contributed by atoms with van der Waals surface area (Å²) in [5.41, 5.74) is 2.99. The number of pyridine rings is 1. The molecule has 1 aliphatic rings. The number of likely N-dealkylation sites (N-methyl/N-ethyl adjacent to an activating group) is 1. The second-order valence-corrected chi connectivity index (χ2v) is 4.71. The van der Waals surface area contributed by atoms with Gasteiger partial charge in [-0.3, -0.25) is 9.69 Å². The molecule has 6 nitrogen and oxygen atoms in total. The smallest absolute Gasteiger partial charge is 0.252 e. The number of anilines is 1. The molecule has 2 rings (SSSR count). The number of nitrogens with one attached hydrogen (secondary N) is 2. The van der Waals surface area contributed by atoms with Crippen LogP contribution in [0, 0.1) is 0 Å². The van der Waals surface area contributed by atoms with Crippen molar-refractivity contribution in [2.45, 2.75) is 25.8 Å². The van der Waals surface area contributed by atoms with Gasteiger partial charge in [0.1, 0.15) is 5.82 Å². The topological polar surface area (TPSA) is 83.3 Å². The van der Waals surface area contributed by atoms with Crippen LogP contribution in [-0.2, 0) is 0 Å². The lowest BCUT2D eigenvalue weighted by Gasteiger charge is -2.22. The molecule has 1 saturated heterocycles. The quantitative estimate of drug-likeness (QED) is 0.535. The first-order chi connectivity index (χ1) is 9.24. The summed E-state index contributed by atoms with van der Waals surface area (Å²) >= 11 is 0. The van der Waals surface area contributed by atoms with Crippen molar-refractivity contribution >= 4 is 11.7 Å². The van der Waals surface area contributed by atoms with E-state index in [0.717, 1.165) is 19.5 Å². The fraction of sp³-hybridized carbons (Fsp3) is 0.538. The van der Waals surface area contributed by atoms with Crippen molar-refractivity contribution in [2.24, 2.45) is 5.84 Å². The predicted molar refractivity (Wildman–Crippen MR) is 74.6 cm³/mol. The van der Waals surface area contributed by atoms with Crippen LogP contribution in [0.25, 0.3) is 0 Å². The second-order valence-electron chi connectivity index (χ2n) is 4.71. The third-order valence-corrected chi connectivity index (χ3v) is 3.58. The molecule has 1 aliphatic heterocycles. The number of likely N-dealkylation sites (tertiary alicyclic amines) is 1. The number of nitrogen functional groups attached to an aromatic ring is 1. The van der Waals surface area contributed by atoms with Gasteiger partial charge in [-0.2, -0.15) is 0 Å². The molecule has 0 aliphatic carbocycles. The first-order valence-corrected chi connectivity index (χ1v) is 6.69. The molecule has 0 bridgehead atoms. The van der Waals surface area contributed by atoms with Crippen LogP contribution in [0.3, 0.4) is 0 Å². The van der Waals surface area contributed by atoms with Crippen molar-refractivity contribution in [3.05, 3.63) is 23.9 Å². The number of nitrogens with two attached hydrogens (primary N) is 1. The number of amides is 1. The standard InChI is InChI=1S/C13H21N5O/c1-2-18-7-3-4-11(18)9-16-13(19)10-5-6-12(17-14)15-8-10/h5-6,8,11H,2-4,7,9,14H2,1H3,(H,15,17)(H,16,19). The van der Waals surface area contributed by atoms with Gasteiger partial charge in [0.05, 0.1) is 5.56 Å². The Hall–Kier alpha value is -1.66. The SMILES string of the molecule is CCN1CCCC1CNC(=O)c1ccc(NN)nc1. The Bertz CT molecular complexity index is 420. The first kappa shape index (κ1) is 13.8. The zero-order valence-corrected chi connectivity index (χ0v) is 11.2. The maximum atomic E-state index is 12.0. The molecule has 1 aromatic heterocycles. The van der Waals surface area contributed by atoms with Gasteiger partial charge in [-0.25, -0.2) is 10.8 Å². The molecule has 1 amide bonds. The summed E-state index contributed by atoms with van der Waals surface area (Å²) in [5.74, 6) is 5.69. The molecule has 1 aromatic rings. The van der Waals surface area contributed by atoms with E-state index in [9.17, 15) is 4.79 Å². The molecule has 1 fully saturated rings. The lowest BCUT2D eigenvalue weighted by molar-refractivity contribution is 0.0941. The molecule has 0 saturated carbocycles. The van der Waals surface area contributed by atoms with Crippen LogP contribution < -0.4 is 16.6 Å². The van der Waals surface area contributed by atoms with Gasteiger partial charge in [-0.1, -0.05) is 6.92 Å². The third kappa shape index (κ3) is 3.42. The van der Waals surface area contributed by atoms with E-state index in [-0.39, 0.29) is 5.91 Å². The van der Waals surface area contributed by atoms with Crippen LogP contribution in [0.4, 0.5) is 5.82 Å². The lowest BCUT2D eigenvalue weighted by atomic mass is 10.2. The first-order valence-electron chi connectivity index (χ1n) is 6.69. The molecular formula is C13H21N5O. The van der Waals surface area contributed by atoms with Gasteiger partial charge in [0.25, 0.3) is 5.91 Å². The maximum Gasteiger partial charge on any atom is 0.252 e. The highest BCUT2D eigenvalue weighted by Gasteiger charge is 2.23. The van der Waals surface area contributed by atoms with E-state index in [0.29, 0.717) is 24.0 Å². The predicted octanol–water partition coefficient (Wildman–Crippen LogP) is 0.581. The number of carbonyl (C=O) groups excluding carboxylic acids is 1. The Morgan fingerprint density at radius 1 is 1.58 bits per heavy atom. The number of hydrogen-bond acceptors (Lipinski definition) is 5. The van der Waals surface area contributed by atoms with Crippen molar-refractivity contribution in [2.75, 3.05) is 25.1 Å². The highest BCUT2D eigenvalue weighted by Crippen LogP contribution is 2.15. The molecule has 6 heteroatoms. The summed E-state index contributed by atoms with van der Waals surface area (Å²) < 4.78 is 0. The van der Waals surface area contributed by atoms with Gasteiger partial charge >= 0.3 is 0 Å². The van der Waals surface area contributed by atoms with Crippen molar-refractivity contribution in [3.63, 3.8) is 0 Å². The summed E-state index contributed by atoms with van der Waals surface area (Å²) in [6.07, 6.45) is 3.89. The Balaban J connectivity index is 1.86. The van der Waals surface area contributed by atoms with Gasteiger partial charge in [0.2, 0.25) is 0 Å². The lowest BCUT2D eigenvalue weighted by Crippen LogP contribution is -2.40. The summed E-state index contributed by atoms with van der Waals surface area (Å²) in [4.78, 5) is 18.4. The zero-order chi connectivity index (χ0) is 13.7. The number of hydrogen-bond donors (Lipinski definition) is 3. The van der Waals surface area contributed by atoms with Crippen molar-refractivity contribution in [1.29, 1.82) is 0 Å². The highest BCUT2D eigenvalue weighted by molar-refractivity contribution is 5.94. The van der Waals surface area contributed by atoms with Crippen LogP contribution in [0.5, 0.6) is 0 Å². The van der Waals surface area contributed by atoms with E-state index in [1.54, 1.807) is 12.1 Å². The minimum absolute atomic E-state index is 0.0842. The fourth-order valence-electron chi connectivity index (χ4n) is 2.47. The minimum Gasteiger partial charge on any atom is -0.350 e. The average molecular weight is 263 g/mol. The molecule has 0 spiro atoms. The van der Waals surface area contributed by atoms with Crippen LogP contribution in [0.15, 0.2) is 18.3 Å². The number of hydrazine groups is 1. The Labute approximate surface area is 113 Å². The monoisotopic (exact) mass is 263 g/mol. The summed E-state index contributed by atoms with van der Waals surface area (Å²) in [6, 6.07) is 3.86. The summed E-state index contributed by atoms with van der Waals surface area (Å²) in [7, 11) is 0. The Kier molecular flexibility index (Phi) is 4.70. The van der Waals surface area contributed by atoms with E-state index in [1.165, 1.54) is 12.6 Å². The summed E-state index contributed by atoms with van der Waals surface area (Å²) in [5, 5.41) is 2.97. The molecule has 4 N–H and O–H groups in total. The Morgan fingerprint density at radius 2 is 2.42 bits per heavy atom. The van der Waals surface area contributed by atoms with E-state index in [4.69, 9.17) is 5.84 Å². The van der Waals surface area contributed by atoms with Gasteiger partial charge < -0.3 is 10.7 Å². The molecule has 1 atom stereocenters. The average Bonchev–Trinajstić information content (AvgIpc) is 2.92.